The fourth-order valence-corrected chi connectivity index (χ4v) is 3.62. The van der Waals surface area contributed by atoms with E-state index in [0.717, 1.165) is 38.7 Å². The first-order chi connectivity index (χ1) is 7.74. The number of hydrogen-bond acceptors (Lipinski definition) is 3. The average molecular weight is 261 g/mol. The number of rotatable bonds is 4. The lowest BCUT2D eigenvalue weighted by molar-refractivity contribution is 0.297. The maximum absolute atomic E-state index is 12.3. The van der Waals surface area contributed by atoms with Gasteiger partial charge in [-0.2, -0.15) is 0 Å². The molecule has 1 aliphatic carbocycles. The van der Waals surface area contributed by atoms with Crippen LogP contribution in [0, 0.1) is 0 Å². The Labute approximate surface area is 104 Å². The van der Waals surface area contributed by atoms with Crippen LogP contribution in [-0.2, 0) is 14.8 Å². The number of ether oxygens (including phenoxy) is 1. The smallest absolute Gasteiger partial charge is 0.217 e. The molecule has 1 atom stereocenters. The van der Waals surface area contributed by atoms with E-state index in [4.69, 9.17) is 4.74 Å². The zero-order valence-corrected chi connectivity index (χ0v) is 11.8. The third-order valence-electron chi connectivity index (χ3n) is 3.74. The second-order valence-corrected chi connectivity index (χ2v) is 8.80. The van der Waals surface area contributed by atoms with Crippen molar-refractivity contribution in [3.8, 4) is 0 Å². The molecule has 2 rings (SSSR count). The molecule has 5 heteroatoms. The van der Waals surface area contributed by atoms with Gasteiger partial charge < -0.3 is 4.74 Å². The lowest BCUT2D eigenvalue weighted by Crippen LogP contribution is -2.52. The predicted molar refractivity (Wildman–Crippen MR) is 67.4 cm³/mol. The van der Waals surface area contributed by atoms with Gasteiger partial charge in [0.15, 0.2) is 0 Å². The van der Waals surface area contributed by atoms with E-state index in [1.807, 2.05) is 0 Å². The third-order valence-corrected chi connectivity index (χ3v) is 6.05. The van der Waals surface area contributed by atoms with Crippen molar-refractivity contribution in [3.05, 3.63) is 0 Å². The van der Waals surface area contributed by atoms with Crippen molar-refractivity contribution in [2.24, 2.45) is 0 Å². The van der Waals surface area contributed by atoms with Gasteiger partial charge in [0.25, 0.3) is 0 Å². The standard InChI is InChI=1S/C12H23NO3S/c1-11(2,3)17(14,15)13-12(6-4-5-7-12)8-10-9-16-10/h10,13H,4-9H2,1-3H3. The molecular formula is C12H23NO3S. The minimum Gasteiger partial charge on any atom is -0.373 e. The van der Waals surface area contributed by atoms with Gasteiger partial charge in [-0.15, -0.1) is 0 Å². The average Bonchev–Trinajstić information content (AvgIpc) is 2.83. The Kier molecular flexibility index (Phi) is 3.30. The Morgan fingerprint density at radius 1 is 1.29 bits per heavy atom. The second-order valence-electron chi connectivity index (χ2n) is 6.36. The summed E-state index contributed by atoms with van der Waals surface area (Å²) >= 11 is 0. The summed E-state index contributed by atoms with van der Waals surface area (Å²) in [5.74, 6) is 0. The molecule has 0 aromatic rings. The van der Waals surface area contributed by atoms with E-state index in [2.05, 4.69) is 4.72 Å². The molecule has 0 spiro atoms. The Balaban J connectivity index is 2.12. The van der Waals surface area contributed by atoms with Crippen LogP contribution in [0.5, 0.6) is 0 Å². The van der Waals surface area contributed by atoms with Gasteiger partial charge in [-0.1, -0.05) is 12.8 Å². The van der Waals surface area contributed by atoms with E-state index in [1.165, 1.54) is 0 Å². The van der Waals surface area contributed by atoms with Crippen LogP contribution < -0.4 is 4.72 Å². The highest BCUT2D eigenvalue weighted by molar-refractivity contribution is 7.90. The highest BCUT2D eigenvalue weighted by Crippen LogP contribution is 2.38. The predicted octanol–water partition coefficient (Wildman–Crippen LogP) is 1.81. The number of epoxide rings is 1. The fourth-order valence-electron chi connectivity index (χ4n) is 2.46. The molecule has 0 radical (unpaired) electrons. The first-order valence-corrected chi connectivity index (χ1v) is 7.88. The first kappa shape index (κ1) is 13.3. The molecule has 1 saturated carbocycles. The van der Waals surface area contributed by atoms with Gasteiger partial charge in [-0.25, -0.2) is 13.1 Å². The van der Waals surface area contributed by atoms with E-state index >= 15 is 0 Å². The molecular weight excluding hydrogens is 238 g/mol. The zero-order valence-electron chi connectivity index (χ0n) is 11.0. The maximum atomic E-state index is 12.3. The molecule has 1 N–H and O–H groups in total. The highest BCUT2D eigenvalue weighted by atomic mass is 32.2. The van der Waals surface area contributed by atoms with Crippen molar-refractivity contribution in [1.82, 2.24) is 4.72 Å². The molecule has 2 aliphatic rings. The van der Waals surface area contributed by atoms with E-state index in [1.54, 1.807) is 20.8 Å². The summed E-state index contributed by atoms with van der Waals surface area (Å²) in [4.78, 5) is 0. The quantitative estimate of drug-likeness (QED) is 0.785. The van der Waals surface area contributed by atoms with Gasteiger partial charge in [0, 0.05) is 5.54 Å². The van der Waals surface area contributed by atoms with Crippen LogP contribution >= 0.6 is 0 Å². The molecule has 100 valence electrons. The fraction of sp³-hybridized carbons (Fsp3) is 1.00. The van der Waals surface area contributed by atoms with Crippen LogP contribution in [0.2, 0.25) is 0 Å². The zero-order chi connectivity index (χ0) is 12.7. The van der Waals surface area contributed by atoms with Crippen LogP contribution in [0.4, 0.5) is 0 Å². The van der Waals surface area contributed by atoms with Crippen LogP contribution in [0.25, 0.3) is 0 Å². The van der Waals surface area contributed by atoms with E-state index in [9.17, 15) is 8.42 Å². The van der Waals surface area contributed by atoms with E-state index in [0.29, 0.717) is 0 Å². The van der Waals surface area contributed by atoms with Crippen molar-refractivity contribution in [2.75, 3.05) is 6.61 Å². The van der Waals surface area contributed by atoms with Crippen LogP contribution in [0.3, 0.4) is 0 Å². The van der Waals surface area contributed by atoms with Crippen molar-refractivity contribution < 1.29 is 13.2 Å². The Bertz CT molecular complexity index is 373. The van der Waals surface area contributed by atoms with Crippen molar-refractivity contribution in [3.63, 3.8) is 0 Å². The Morgan fingerprint density at radius 2 is 1.82 bits per heavy atom. The second kappa shape index (κ2) is 4.21. The molecule has 0 amide bonds. The van der Waals surface area contributed by atoms with Crippen LogP contribution in [-0.4, -0.2) is 31.4 Å². The largest absolute Gasteiger partial charge is 0.373 e. The normalized spacial score (nSPS) is 28.3. The summed E-state index contributed by atoms with van der Waals surface area (Å²) in [7, 11) is -3.26. The monoisotopic (exact) mass is 261 g/mol. The summed E-state index contributed by atoms with van der Waals surface area (Å²) in [5, 5.41) is 0. The van der Waals surface area contributed by atoms with Crippen LogP contribution in [0.15, 0.2) is 0 Å². The number of sulfonamides is 1. The third kappa shape index (κ3) is 3.01. The van der Waals surface area contributed by atoms with Gasteiger partial charge in [-0.3, -0.25) is 0 Å². The van der Waals surface area contributed by atoms with Gasteiger partial charge in [0.05, 0.1) is 17.5 Å². The number of hydrogen-bond donors (Lipinski definition) is 1. The van der Waals surface area contributed by atoms with E-state index < -0.39 is 14.8 Å². The SMILES string of the molecule is CC(C)(C)S(=O)(=O)NC1(CC2CO2)CCCC1. The van der Waals surface area contributed by atoms with Gasteiger partial charge >= 0.3 is 0 Å². The van der Waals surface area contributed by atoms with Crippen molar-refractivity contribution in [2.45, 2.75) is 69.3 Å². The summed E-state index contributed by atoms with van der Waals surface area (Å²) in [5.41, 5.74) is -0.243. The maximum Gasteiger partial charge on any atom is 0.217 e. The molecule has 1 heterocycles. The minimum atomic E-state index is -3.26. The molecule has 0 aromatic carbocycles. The first-order valence-electron chi connectivity index (χ1n) is 6.39. The minimum absolute atomic E-state index is 0.243. The summed E-state index contributed by atoms with van der Waals surface area (Å²) in [6.07, 6.45) is 5.22. The molecule has 4 nitrogen and oxygen atoms in total. The topological polar surface area (TPSA) is 58.7 Å². The highest BCUT2D eigenvalue weighted by Gasteiger charge is 2.44. The molecule has 0 bridgehead atoms. The number of nitrogens with one attached hydrogen (secondary N) is 1. The molecule has 1 saturated heterocycles. The molecule has 2 fully saturated rings. The molecule has 17 heavy (non-hydrogen) atoms. The van der Waals surface area contributed by atoms with Crippen molar-refractivity contribution >= 4 is 10.0 Å². The van der Waals surface area contributed by atoms with E-state index in [-0.39, 0.29) is 11.6 Å². The summed E-state index contributed by atoms with van der Waals surface area (Å²) < 4.78 is 32.0. The molecule has 0 aromatic heterocycles. The lowest BCUT2D eigenvalue weighted by Gasteiger charge is -2.33. The summed E-state index contributed by atoms with van der Waals surface area (Å²) in [6.45, 7) is 6.02. The summed E-state index contributed by atoms with van der Waals surface area (Å²) in [6, 6.07) is 0. The van der Waals surface area contributed by atoms with Crippen molar-refractivity contribution in [1.29, 1.82) is 0 Å². The van der Waals surface area contributed by atoms with Gasteiger partial charge in [0.2, 0.25) is 10.0 Å². The molecule has 1 aliphatic heterocycles. The Morgan fingerprint density at radius 3 is 2.24 bits per heavy atom. The molecule has 1 unspecified atom stereocenters. The lowest BCUT2D eigenvalue weighted by atomic mass is 9.93. The van der Waals surface area contributed by atoms with Gasteiger partial charge in [0.1, 0.15) is 0 Å². The Hall–Kier alpha value is -0.130. The van der Waals surface area contributed by atoms with Gasteiger partial charge in [-0.05, 0) is 40.0 Å². The van der Waals surface area contributed by atoms with Crippen LogP contribution in [0.1, 0.15) is 52.9 Å².